The van der Waals surface area contributed by atoms with Gasteiger partial charge in [0.25, 0.3) is 5.91 Å². The monoisotopic (exact) mass is 344 g/mol. The van der Waals surface area contributed by atoms with Crippen molar-refractivity contribution in [2.75, 3.05) is 11.9 Å². The molecule has 1 aromatic heterocycles. The van der Waals surface area contributed by atoms with Crippen molar-refractivity contribution in [3.05, 3.63) is 83.0 Å². The molecule has 130 valence electrons. The highest BCUT2D eigenvalue weighted by Gasteiger charge is 2.22. The number of nitrogens with one attached hydrogen (secondary N) is 1. The summed E-state index contributed by atoms with van der Waals surface area (Å²) in [7, 11) is 0. The van der Waals surface area contributed by atoms with Gasteiger partial charge in [-0.15, -0.1) is 10.2 Å². The van der Waals surface area contributed by atoms with Crippen molar-refractivity contribution in [2.45, 2.75) is 19.9 Å². The molecule has 2 heterocycles. The molecule has 0 saturated heterocycles. The standard InChI is InChI=1S/C21H20N4O/c1-15-6-8-18(9-7-15)22-20-11-10-19(23-24-20)21(26)25-13-12-16-4-2-3-5-17(16)14-25/h2-11H,12-14H2,1H3,(H,22,24). The normalized spacial score (nSPS) is 13.2. The van der Waals surface area contributed by atoms with E-state index in [1.807, 2.05) is 48.2 Å². The maximum Gasteiger partial charge on any atom is 0.274 e. The number of hydrogen-bond donors (Lipinski definition) is 1. The molecule has 1 amide bonds. The van der Waals surface area contributed by atoms with E-state index < -0.39 is 0 Å². The highest BCUT2D eigenvalue weighted by atomic mass is 16.2. The summed E-state index contributed by atoms with van der Waals surface area (Å²) in [6.45, 7) is 3.38. The van der Waals surface area contributed by atoms with E-state index in [0.29, 0.717) is 24.6 Å². The van der Waals surface area contributed by atoms with Crippen LogP contribution in [0.5, 0.6) is 0 Å². The number of carbonyl (C=O) groups is 1. The third-order valence-corrected chi connectivity index (χ3v) is 4.63. The van der Waals surface area contributed by atoms with E-state index in [0.717, 1.165) is 12.1 Å². The van der Waals surface area contributed by atoms with Crippen LogP contribution in [0.2, 0.25) is 0 Å². The number of benzene rings is 2. The maximum absolute atomic E-state index is 12.7. The SMILES string of the molecule is Cc1ccc(Nc2ccc(C(=O)N3CCc4ccccc4C3)nn2)cc1. The van der Waals surface area contributed by atoms with Crippen molar-refractivity contribution in [2.24, 2.45) is 0 Å². The Balaban J connectivity index is 1.45. The lowest BCUT2D eigenvalue weighted by atomic mass is 10.00. The lowest BCUT2D eigenvalue weighted by Crippen LogP contribution is -2.36. The highest BCUT2D eigenvalue weighted by Crippen LogP contribution is 2.20. The third-order valence-electron chi connectivity index (χ3n) is 4.63. The van der Waals surface area contributed by atoms with E-state index in [-0.39, 0.29) is 5.91 Å². The summed E-state index contributed by atoms with van der Waals surface area (Å²) in [5.41, 5.74) is 5.04. The minimum atomic E-state index is -0.0751. The molecule has 2 aromatic carbocycles. The number of rotatable bonds is 3. The third kappa shape index (κ3) is 3.42. The fraction of sp³-hybridized carbons (Fsp3) is 0.190. The molecule has 26 heavy (non-hydrogen) atoms. The molecule has 1 aliphatic rings. The molecule has 1 N–H and O–H groups in total. The van der Waals surface area contributed by atoms with Crippen LogP contribution in [0.4, 0.5) is 11.5 Å². The Hall–Kier alpha value is -3.21. The average molecular weight is 344 g/mol. The number of aromatic nitrogens is 2. The molecule has 5 heteroatoms. The van der Waals surface area contributed by atoms with Gasteiger partial charge in [-0.05, 0) is 48.7 Å². The number of amides is 1. The second-order valence-corrected chi connectivity index (χ2v) is 6.54. The summed E-state index contributed by atoms with van der Waals surface area (Å²) >= 11 is 0. The maximum atomic E-state index is 12.7. The average Bonchev–Trinajstić information content (AvgIpc) is 2.69. The van der Waals surface area contributed by atoms with Crippen LogP contribution in [0, 0.1) is 6.92 Å². The first-order chi connectivity index (χ1) is 12.7. The molecule has 0 unspecified atom stereocenters. The van der Waals surface area contributed by atoms with Crippen molar-refractivity contribution in [3.8, 4) is 0 Å². The van der Waals surface area contributed by atoms with Crippen molar-refractivity contribution in [1.82, 2.24) is 15.1 Å². The first-order valence-corrected chi connectivity index (χ1v) is 8.72. The Kier molecular flexibility index (Phi) is 4.35. The number of anilines is 2. The molecule has 0 aliphatic carbocycles. The fourth-order valence-corrected chi connectivity index (χ4v) is 3.13. The number of fused-ring (bicyclic) bond motifs is 1. The molecular weight excluding hydrogens is 324 g/mol. The lowest BCUT2D eigenvalue weighted by molar-refractivity contribution is 0.0727. The summed E-state index contributed by atoms with van der Waals surface area (Å²) in [6, 6.07) is 19.8. The van der Waals surface area contributed by atoms with E-state index in [1.54, 1.807) is 12.1 Å². The van der Waals surface area contributed by atoms with Crippen LogP contribution in [0.25, 0.3) is 0 Å². The number of aryl methyl sites for hydroxylation is 1. The fourth-order valence-electron chi connectivity index (χ4n) is 3.13. The first kappa shape index (κ1) is 16.3. The van der Waals surface area contributed by atoms with E-state index in [4.69, 9.17) is 0 Å². The Morgan fingerprint density at radius 2 is 1.73 bits per heavy atom. The molecule has 0 spiro atoms. The Morgan fingerprint density at radius 1 is 0.962 bits per heavy atom. The first-order valence-electron chi connectivity index (χ1n) is 8.72. The minimum absolute atomic E-state index is 0.0751. The van der Waals surface area contributed by atoms with Crippen LogP contribution in [-0.4, -0.2) is 27.5 Å². The van der Waals surface area contributed by atoms with Gasteiger partial charge in [-0.25, -0.2) is 0 Å². The van der Waals surface area contributed by atoms with Crippen molar-refractivity contribution < 1.29 is 4.79 Å². The Labute approximate surface area is 152 Å². The summed E-state index contributed by atoms with van der Waals surface area (Å²) in [5.74, 6) is 0.545. The lowest BCUT2D eigenvalue weighted by Gasteiger charge is -2.28. The van der Waals surface area contributed by atoms with Gasteiger partial charge in [0, 0.05) is 18.8 Å². The van der Waals surface area contributed by atoms with Gasteiger partial charge in [0.15, 0.2) is 11.5 Å². The summed E-state index contributed by atoms with van der Waals surface area (Å²) < 4.78 is 0. The van der Waals surface area contributed by atoms with Gasteiger partial charge < -0.3 is 10.2 Å². The van der Waals surface area contributed by atoms with Crippen LogP contribution in [0.1, 0.15) is 27.2 Å². The van der Waals surface area contributed by atoms with Crippen molar-refractivity contribution >= 4 is 17.4 Å². The zero-order valence-electron chi connectivity index (χ0n) is 14.6. The molecule has 5 nitrogen and oxygen atoms in total. The van der Waals surface area contributed by atoms with Crippen LogP contribution in [0.15, 0.2) is 60.7 Å². The smallest absolute Gasteiger partial charge is 0.274 e. The van der Waals surface area contributed by atoms with Crippen molar-refractivity contribution in [1.29, 1.82) is 0 Å². The van der Waals surface area contributed by atoms with Crippen molar-refractivity contribution in [3.63, 3.8) is 0 Å². The largest absolute Gasteiger partial charge is 0.339 e. The number of hydrogen-bond acceptors (Lipinski definition) is 4. The zero-order chi connectivity index (χ0) is 17.9. The number of carbonyl (C=O) groups excluding carboxylic acids is 1. The van der Waals surface area contributed by atoms with E-state index in [2.05, 4.69) is 27.6 Å². The molecule has 1 aliphatic heterocycles. The van der Waals surface area contributed by atoms with Crippen LogP contribution < -0.4 is 5.32 Å². The molecule has 0 radical (unpaired) electrons. The Morgan fingerprint density at radius 3 is 2.46 bits per heavy atom. The second-order valence-electron chi connectivity index (χ2n) is 6.54. The van der Waals surface area contributed by atoms with Gasteiger partial charge in [0.05, 0.1) is 0 Å². The molecular formula is C21H20N4O. The van der Waals surface area contributed by atoms with E-state index in [9.17, 15) is 4.79 Å². The highest BCUT2D eigenvalue weighted by molar-refractivity contribution is 5.92. The van der Waals surface area contributed by atoms with Crippen LogP contribution in [0.3, 0.4) is 0 Å². The zero-order valence-corrected chi connectivity index (χ0v) is 14.6. The van der Waals surface area contributed by atoms with E-state index >= 15 is 0 Å². The summed E-state index contributed by atoms with van der Waals surface area (Å²) in [6.07, 6.45) is 0.877. The second kappa shape index (κ2) is 6.96. The van der Waals surface area contributed by atoms with Gasteiger partial charge >= 0.3 is 0 Å². The molecule has 0 atom stereocenters. The molecule has 0 saturated carbocycles. The van der Waals surface area contributed by atoms with Gasteiger partial charge in [-0.2, -0.15) is 0 Å². The topological polar surface area (TPSA) is 58.1 Å². The predicted octanol–water partition coefficient (Wildman–Crippen LogP) is 3.73. The minimum Gasteiger partial charge on any atom is -0.339 e. The van der Waals surface area contributed by atoms with Crippen LogP contribution >= 0.6 is 0 Å². The van der Waals surface area contributed by atoms with Gasteiger partial charge in [-0.3, -0.25) is 4.79 Å². The molecule has 4 rings (SSSR count). The predicted molar refractivity (Wildman–Crippen MR) is 101 cm³/mol. The quantitative estimate of drug-likeness (QED) is 0.786. The van der Waals surface area contributed by atoms with Crippen LogP contribution in [-0.2, 0) is 13.0 Å². The number of nitrogens with zero attached hydrogens (tertiary/aromatic N) is 3. The Bertz CT molecular complexity index is 920. The molecule has 0 bridgehead atoms. The van der Waals surface area contributed by atoms with Gasteiger partial charge in [0.2, 0.25) is 0 Å². The summed E-state index contributed by atoms with van der Waals surface area (Å²) in [4.78, 5) is 14.6. The molecule has 3 aromatic rings. The summed E-state index contributed by atoms with van der Waals surface area (Å²) in [5, 5.41) is 11.5. The van der Waals surface area contributed by atoms with E-state index in [1.165, 1.54) is 16.7 Å². The van der Waals surface area contributed by atoms with Gasteiger partial charge in [0.1, 0.15) is 0 Å². The molecule has 0 fully saturated rings. The van der Waals surface area contributed by atoms with Gasteiger partial charge in [-0.1, -0.05) is 42.0 Å².